The Labute approximate surface area is 91.3 Å². The zero-order valence-corrected chi connectivity index (χ0v) is 9.83. The second-order valence-corrected chi connectivity index (χ2v) is 4.02. The zero-order chi connectivity index (χ0) is 11.4. The number of ketones is 1. The fourth-order valence-electron chi connectivity index (χ4n) is 1.56. The summed E-state index contributed by atoms with van der Waals surface area (Å²) in [6.45, 7) is 5.61. The number of Topliss-reactive ketones (excluding diaryl/α,β-unsaturated/α-hetero) is 1. The molecule has 0 bridgehead atoms. The average molecular weight is 206 g/mol. The zero-order valence-electron chi connectivity index (χ0n) is 9.83. The number of benzene rings is 1. The molecule has 1 rings (SSSR count). The Hall–Kier alpha value is -1.31. The van der Waals surface area contributed by atoms with Gasteiger partial charge in [-0.25, -0.2) is 0 Å². The van der Waals surface area contributed by atoms with Gasteiger partial charge in [0, 0.05) is 5.92 Å². The summed E-state index contributed by atoms with van der Waals surface area (Å²) in [5.41, 5.74) is 2.31. The van der Waals surface area contributed by atoms with Crippen molar-refractivity contribution in [3.63, 3.8) is 0 Å². The van der Waals surface area contributed by atoms with Crippen LogP contribution < -0.4 is 4.74 Å². The van der Waals surface area contributed by atoms with Crippen molar-refractivity contribution < 1.29 is 9.53 Å². The van der Waals surface area contributed by atoms with Crippen molar-refractivity contribution in [2.45, 2.75) is 27.2 Å². The van der Waals surface area contributed by atoms with Gasteiger partial charge in [0.25, 0.3) is 0 Å². The standard InChI is InChI=1S/C13H18O2/c1-9(11(3)14)7-12-5-6-13(15-4)10(2)8-12/h5-6,8-9H,7H2,1-4H3. The second kappa shape index (κ2) is 4.96. The maximum atomic E-state index is 11.1. The minimum Gasteiger partial charge on any atom is -0.496 e. The number of methoxy groups -OCH3 is 1. The van der Waals surface area contributed by atoms with Crippen molar-refractivity contribution in [3.05, 3.63) is 29.3 Å². The predicted octanol–water partition coefficient (Wildman–Crippen LogP) is 2.77. The molecule has 0 aliphatic rings. The predicted molar refractivity (Wildman–Crippen MR) is 61.3 cm³/mol. The molecule has 0 amide bonds. The van der Waals surface area contributed by atoms with Crippen LogP contribution in [0.5, 0.6) is 5.75 Å². The number of hydrogen-bond acceptors (Lipinski definition) is 2. The third kappa shape index (κ3) is 3.08. The Morgan fingerprint density at radius 1 is 1.47 bits per heavy atom. The van der Waals surface area contributed by atoms with Gasteiger partial charge >= 0.3 is 0 Å². The highest BCUT2D eigenvalue weighted by Crippen LogP contribution is 2.20. The van der Waals surface area contributed by atoms with Gasteiger partial charge in [-0.2, -0.15) is 0 Å². The Morgan fingerprint density at radius 3 is 2.60 bits per heavy atom. The minimum atomic E-state index is 0.0952. The molecule has 0 radical (unpaired) electrons. The van der Waals surface area contributed by atoms with Gasteiger partial charge in [-0.3, -0.25) is 4.79 Å². The molecule has 1 aromatic carbocycles. The fourth-order valence-corrected chi connectivity index (χ4v) is 1.56. The topological polar surface area (TPSA) is 26.3 Å². The summed E-state index contributed by atoms with van der Waals surface area (Å²) in [6, 6.07) is 6.06. The maximum absolute atomic E-state index is 11.1. The van der Waals surface area contributed by atoms with E-state index in [4.69, 9.17) is 4.74 Å². The molecule has 0 heterocycles. The monoisotopic (exact) mass is 206 g/mol. The molecule has 0 fully saturated rings. The highest BCUT2D eigenvalue weighted by atomic mass is 16.5. The molecule has 0 aliphatic heterocycles. The van der Waals surface area contributed by atoms with E-state index in [1.807, 2.05) is 26.0 Å². The summed E-state index contributed by atoms with van der Waals surface area (Å²) >= 11 is 0. The van der Waals surface area contributed by atoms with Crippen LogP contribution in [0.15, 0.2) is 18.2 Å². The molecular weight excluding hydrogens is 188 g/mol. The van der Waals surface area contributed by atoms with Crippen molar-refractivity contribution >= 4 is 5.78 Å². The van der Waals surface area contributed by atoms with Crippen LogP contribution in [0.25, 0.3) is 0 Å². The second-order valence-electron chi connectivity index (χ2n) is 4.02. The molecule has 15 heavy (non-hydrogen) atoms. The van der Waals surface area contributed by atoms with Crippen LogP contribution in [-0.4, -0.2) is 12.9 Å². The van der Waals surface area contributed by atoms with E-state index in [0.717, 1.165) is 17.7 Å². The number of carbonyl (C=O) groups excluding carboxylic acids is 1. The fraction of sp³-hybridized carbons (Fsp3) is 0.462. The molecule has 1 unspecified atom stereocenters. The van der Waals surface area contributed by atoms with E-state index < -0.39 is 0 Å². The molecule has 0 spiro atoms. The normalized spacial score (nSPS) is 12.3. The molecule has 1 atom stereocenters. The van der Waals surface area contributed by atoms with E-state index in [2.05, 4.69) is 6.07 Å². The average Bonchev–Trinajstić information content (AvgIpc) is 2.18. The third-order valence-corrected chi connectivity index (χ3v) is 2.70. The van der Waals surface area contributed by atoms with Gasteiger partial charge in [0.1, 0.15) is 11.5 Å². The molecule has 2 nitrogen and oxygen atoms in total. The van der Waals surface area contributed by atoms with Gasteiger partial charge in [0.05, 0.1) is 7.11 Å². The van der Waals surface area contributed by atoms with E-state index in [-0.39, 0.29) is 11.7 Å². The van der Waals surface area contributed by atoms with Crippen LogP contribution in [-0.2, 0) is 11.2 Å². The van der Waals surface area contributed by atoms with Crippen molar-refractivity contribution in [1.82, 2.24) is 0 Å². The lowest BCUT2D eigenvalue weighted by atomic mass is 9.97. The van der Waals surface area contributed by atoms with Crippen LogP contribution in [0.4, 0.5) is 0 Å². The first-order chi connectivity index (χ1) is 7.04. The quantitative estimate of drug-likeness (QED) is 0.757. The number of aryl methyl sites for hydroxylation is 1. The van der Waals surface area contributed by atoms with Crippen molar-refractivity contribution in [2.75, 3.05) is 7.11 Å². The molecule has 0 N–H and O–H groups in total. The van der Waals surface area contributed by atoms with Gasteiger partial charge in [-0.15, -0.1) is 0 Å². The Bertz CT molecular complexity index is 356. The molecular formula is C13H18O2. The van der Waals surface area contributed by atoms with Gasteiger partial charge in [-0.1, -0.05) is 19.1 Å². The Balaban J connectivity index is 2.79. The van der Waals surface area contributed by atoms with Crippen molar-refractivity contribution in [1.29, 1.82) is 0 Å². The van der Waals surface area contributed by atoms with Crippen LogP contribution in [0.3, 0.4) is 0 Å². The number of carbonyl (C=O) groups is 1. The molecule has 0 aromatic heterocycles. The van der Waals surface area contributed by atoms with E-state index in [1.54, 1.807) is 14.0 Å². The van der Waals surface area contributed by atoms with E-state index in [1.165, 1.54) is 5.56 Å². The highest BCUT2D eigenvalue weighted by molar-refractivity contribution is 5.78. The molecule has 1 aromatic rings. The summed E-state index contributed by atoms with van der Waals surface area (Å²) in [6.07, 6.45) is 0.806. The first-order valence-electron chi connectivity index (χ1n) is 5.18. The summed E-state index contributed by atoms with van der Waals surface area (Å²) in [4.78, 5) is 11.1. The summed E-state index contributed by atoms with van der Waals surface area (Å²) in [7, 11) is 1.67. The van der Waals surface area contributed by atoms with Crippen molar-refractivity contribution in [3.8, 4) is 5.75 Å². The Kier molecular flexibility index (Phi) is 3.89. The molecule has 0 saturated heterocycles. The maximum Gasteiger partial charge on any atom is 0.132 e. The van der Waals surface area contributed by atoms with E-state index >= 15 is 0 Å². The highest BCUT2D eigenvalue weighted by Gasteiger charge is 2.09. The van der Waals surface area contributed by atoms with Gasteiger partial charge < -0.3 is 4.74 Å². The SMILES string of the molecule is COc1ccc(CC(C)C(C)=O)cc1C. The minimum absolute atomic E-state index is 0.0952. The van der Waals surface area contributed by atoms with Crippen molar-refractivity contribution in [2.24, 2.45) is 5.92 Å². The summed E-state index contributed by atoms with van der Waals surface area (Å²) in [5.74, 6) is 1.23. The summed E-state index contributed by atoms with van der Waals surface area (Å²) < 4.78 is 5.19. The van der Waals surface area contributed by atoms with Crippen LogP contribution in [0, 0.1) is 12.8 Å². The van der Waals surface area contributed by atoms with Crippen LogP contribution in [0.1, 0.15) is 25.0 Å². The number of hydrogen-bond donors (Lipinski definition) is 0. The molecule has 82 valence electrons. The lowest BCUT2D eigenvalue weighted by Crippen LogP contribution is -2.09. The number of ether oxygens (including phenoxy) is 1. The molecule has 0 saturated carbocycles. The van der Waals surface area contributed by atoms with E-state index in [9.17, 15) is 4.79 Å². The van der Waals surface area contributed by atoms with Crippen LogP contribution in [0.2, 0.25) is 0 Å². The van der Waals surface area contributed by atoms with Crippen LogP contribution >= 0.6 is 0 Å². The molecule has 0 aliphatic carbocycles. The third-order valence-electron chi connectivity index (χ3n) is 2.70. The van der Waals surface area contributed by atoms with Gasteiger partial charge in [0.2, 0.25) is 0 Å². The first-order valence-corrected chi connectivity index (χ1v) is 5.18. The summed E-state index contributed by atoms with van der Waals surface area (Å²) in [5, 5.41) is 0. The lowest BCUT2D eigenvalue weighted by molar-refractivity contribution is -0.120. The molecule has 2 heteroatoms. The van der Waals surface area contributed by atoms with Gasteiger partial charge in [-0.05, 0) is 37.5 Å². The van der Waals surface area contributed by atoms with Gasteiger partial charge in [0.15, 0.2) is 0 Å². The van der Waals surface area contributed by atoms with E-state index in [0.29, 0.717) is 0 Å². The Morgan fingerprint density at radius 2 is 2.13 bits per heavy atom. The lowest BCUT2D eigenvalue weighted by Gasteiger charge is -2.10. The smallest absolute Gasteiger partial charge is 0.132 e. The number of rotatable bonds is 4. The first kappa shape index (κ1) is 11.8. The largest absolute Gasteiger partial charge is 0.496 e.